The van der Waals surface area contributed by atoms with Gasteiger partial charge in [-0.2, -0.15) is 18.3 Å². The standard InChI is InChI=1S/C13H18F3N3O2/c1-8-5-19(7-12(2,3)21-8)11(20)9-6-18(4)17-10(9)13(14,15)16/h6,8H,5,7H2,1-4H3/t8-/m1/s1. The summed E-state index contributed by atoms with van der Waals surface area (Å²) in [7, 11) is 1.36. The predicted octanol–water partition coefficient (Wildman–Crippen LogP) is 2.08. The van der Waals surface area contributed by atoms with Crippen molar-refractivity contribution >= 4 is 5.91 Å². The van der Waals surface area contributed by atoms with Gasteiger partial charge in [-0.3, -0.25) is 9.48 Å². The lowest BCUT2D eigenvalue weighted by atomic mass is 10.0. The van der Waals surface area contributed by atoms with Gasteiger partial charge in [0.2, 0.25) is 0 Å². The van der Waals surface area contributed by atoms with Crippen LogP contribution in [-0.2, 0) is 18.0 Å². The van der Waals surface area contributed by atoms with E-state index in [1.165, 1.54) is 11.9 Å². The number of carbonyl (C=O) groups is 1. The Morgan fingerprint density at radius 3 is 2.62 bits per heavy atom. The second kappa shape index (κ2) is 5.01. The number of halogens is 3. The first-order valence-corrected chi connectivity index (χ1v) is 6.57. The number of nitrogens with zero attached hydrogens (tertiary/aromatic N) is 3. The van der Waals surface area contributed by atoms with Gasteiger partial charge in [-0.1, -0.05) is 0 Å². The van der Waals surface area contributed by atoms with Crippen LogP contribution in [0.5, 0.6) is 0 Å². The molecule has 0 saturated carbocycles. The number of ether oxygens (including phenoxy) is 1. The summed E-state index contributed by atoms with van der Waals surface area (Å²) in [5.74, 6) is -0.668. The summed E-state index contributed by atoms with van der Waals surface area (Å²) in [4.78, 5) is 13.8. The Morgan fingerprint density at radius 1 is 1.48 bits per heavy atom. The van der Waals surface area contributed by atoms with Crippen molar-refractivity contribution in [3.8, 4) is 0 Å². The van der Waals surface area contributed by atoms with Gasteiger partial charge in [0, 0.05) is 26.3 Å². The third kappa shape index (κ3) is 3.37. The van der Waals surface area contributed by atoms with Crippen molar-refractivity contribution < 1.29 is 22.7 Å². The summed E-state index contributed by atoms with van der Waals surface area (Å²) < 4.78 is 45.5. The summed E-state index contributed by atoms with van der Waals surface area (Å²) in [6, 6.07) is 0. The van der Waals surface area contributed by atoms with Crippen LogP contribution in [0.3, 0.4) is 0 Å². The van der Waals surface area contributed by atoms with Crippen LogP contribution >= 0.6 is 0 Å². The van der Waals surface area contributed by atoms with Crippen molar-refractivity contribution in [1.82, 2.24) is 14.7 Å². The highest BCUT2D eigenvalue weighted by Gasteiger charge is 2.41. The van der Waals surface area contributed by atoms with Gasteiger partial charge >= 0.3 is 6.18 Å². The van der Waals surface area contributed by atoms with Crippen LogP contribution in [0.1, 0.15) is 36.8 Å². The van der Waals surface area contributed by atoms with Crippen molar-refractivity contribution in [1.29, 1.82) is 0 Å². The number of rotatable bonds is 1. The molecule has 1 fully saturated rings. The third-order valence-electron chi connectivity index (χ3n) is 3.18. The van der Waals surface area contributed by atoms with Crippen molar-refractivity contribution in [2.24, 2.45) is 7.05 Å². The van der Waals surface area contributed by atoms with E-state index >= 15 is 0 Å². The lowest BCUT2D eigenvalue weighted by Crippen LogP contribution is -2.53. The maximum atomic E-state index is 12.9. The molecule has 1 amide bonds. The number of aryl methyl sites for hydroxylation is 1. The van der Waals surface area contributed by atoms with Gasteiger partial charge in [0.25, 0.3) is 5.91 Å². The second-order valence-electron chi connectivity index (χ2n) is 5.94. The van der Waals surface area contributed by atoms with Crippen molar-refractivity contribution in [2.75, 3.05) is 13.1 Å². The normalized spacial score (nSPS) is 22.4. The quantitative estimate of drug-likeness (QED) is 0.798. The lowest BCUT2D eigenvalue weighted by Gasteiger charge is -2.41. The molecule has 0 aliphatic carbocycles. The van der Waals surface area contributed by atoms with Gasteiger partial charge < -0.3 is 9.64 Å². The molecule has 0 aromatic carbocycles. The molecule has 1 aliphatic heterocycles. The van der Waals surface area contributed by atoms with Gasteiger partial charge in [-0.15, -0.1) is 0 Å². The molecule has 0 unspecified atom stereocenters. The average molecular weight is 305 g/mol. The van der Waals surface area contributed by atoms with Gasteiger partial charge in [0.1, 0.15) is 0 Å². The summed E-state index contributed by atoms with van der Waals surface area (Å²) in [5.41, 5.74) is -2.16. The molecule has 0 spiro atoms. The van der Waals surface area contributed by atoms with Crippen LogP contribution in [0.25, 0.3) is 0 Å². The van der Waals surface area contributed by atoms with Crippen LogP contribution in [0.4, 0.5) is 13.2 Å². The van der Waals surface area contributed by atoms with Crippen LogP contribution in [0.15, 0.2) is 6.20 Å². The Kier molecular flexibility index (Phi) is 3.77. The minimum Gasteiger partial charge on any atom is -0.369 e. The molecule has 118 valence electrons. The highest BCUT2D eigenvalue weighted by atomic mass is 19.4. The number of hydrogen-bond donors (Lipinski definition) is 0. The predicted molar refractivity (Wildman–Crippen MR) is 68.7 cm³/mol. The molecule has 8 heteroatoms. The fourth-order valence-corrected chi connectivity index (χ4v) is 2.63. The van der Waals surface area contributed by atoms with Crippen molar-refractivity contribution in [2.45, 2.75) is 38.7 Å². The zero-order valence-corrected chi connectivity index (χ0v) is 12.4. The average Bonchev–Trinajstić information content (AvgIpc) is 2.67. The van der Waals surface area contributed by atoms with Crippen molar-refractivity contribution in [3.63, 3.8) is 0 Å². The van der Waals surface area contributed by atoms with Gasteiger partial charge in [0.05, 0.1) is 17.3 Å². The highest BCUT2D eigenvalue weighted by Crippen LogP contribution is 2.32. The molecule has 1 aromatic heterocycles. The molecular formula is C13H18F3N3O2. The number of amides is 1. The first-order chi connectivity index (χ1) is 9.49. The van der Waals surface area contributed by atoms with E-state index in [1.807, 2.05) is 0 Å². The van der Waals surface area contributed by atoms with E-state index in [0.29, 0.717) is 0 Å². The zero-order valence-electron chi connectivity index (χ0n) is 12.4. The van der Waals surface area contributed by atoms with E-state index in [1.54, 1.807) is 20.8 Å². The molecule has 2 heterocycles. The second-order valence-corrected chi connectivity index (χ2v) is 5.94. The molecule has 1 saturated heterocycles. The van der Waals surface area contributed by atoms with Gasteiger partial charge in [-0.25, -0.2) is 0 Å². The summed E-state index contributed by atoms with van der Waals surface area (Å²) in [6.45, 7) is 5.89. The highest BCUT2D eigenvalue weighted by molar-refractivity contribution is 5.95. The Morgan fingerprint density at radius 2 is 2.10 bits per heavy atom. The monoisotopic (exact) mass is 305 g/mol. The van der Waals surface area contributed by atoms with Crippen LogP contribution < -0.4 is 0 Å². The minimum atomic E-state index is -4.65. The van der Waals surface area contributed by atoms with E-state index in [9.17, 15) is 18.0 Å². The van der Waals surface area contributed by atoms with E-state index in [-0.39, 0.29) is 19.2 Å². The SMILES string of the molecule is C[C@@H]1CN(C(=O)c2cn(C)nc2C(F)(F)F)CC(C)(C)O1. The first-order valence-electron chi connectivity index (χ1n) is 6.57. The maximum Gasteiger partial charge on any atom is 0.435 e. The van der Waals surface area contributed by atoms with Crippen LogP contribution in [0.2, 0.25) is 0 Å². The molecule has 0 N–H and O–H groups in total. The molecular weight excluding hydrogens is 287 g/mol. The molecule has 1 atom stereocenters. The molecule has 0 radical (unpaired) electrons. The topological polar surface area (TPSA) is 47.4 Å². The van der Waals surface area contributed by atoms with E-state index in [4.69, 9.17) is 4.74 Å². The molecule has 1 aliphatic rings. The number of carbonyl (C=O) groups excluding carboxylic acids is 1. The number of aromatic nitrogens is 2. The smallest absolute Gasteiger partial charge is 0.369 e. The molecule has 2 rings (SSSR count). The fourth-order valence-electron chi connectivity index (χ4n) is 2.63. The lowest BCUT2D eigenvalue weighted by molar-refractivity contribution is -0.142. The van der Waals surface area contributed by atoms with Crippen LogP contribution in [-0.4, -0.2) is 45.4 Å². The Hall–Kier alpha value is -1.57. The van der Waals surface area contributed by atoms with E-state index in [0.717, 1.165) is 10.9 Å². The molecule has 5 nitrogen and oxygen atoms in total. The largest absolute Gasteiger partial charge is 0.435 e. The number of hydrogen-bond acceptors (Lipinski definition) is 3. The Balaban J connectivity index is 2.32. The number of morpholine rings is 1. The first kappa shape index (κ1) is 15.8. The van der Waals surface area contributed by atoms with Gasteiger partial charge in [0.15, 0.2) is 5.69 Å². The minimum absolute atomic E-state index is 0.233. The molecule has 0 bridgehead atoms. The molecule has 1 aromatic rings. The summed E-state index contributed by atoms with van der Waals surface area (Å²) in [5, 5.41) is 3.37. The maximum absolute atomic E-state index is 12.9. The van der Waals surface area contributed by atoms with Crippen LogP contribution in [0, 0.1) is 0 Å². The Bertz CT molecular complexity index is 551. The Labute approximate surface area is 120 Å². The fraction of sp³-hybridized carbons (Fsp3) is 0.692. The number of alkyl halides is 3. The zero-order chi connectivity index (χ0) is 16.0. The molecule has 21 heavy (non-hydrogen) atoms. The van der Waals surface area contributed by atoms with Gasteiger partial charge in [-0.05, 0) is 20.8 Å². The van der Waals surface area contributed by atoms with Crippen molar-refractivity contribution in [3.05, 3.63) is 17.5 Å². The third-order valence-corrected chi connectivity index (χ3v) is 3.18. The van der Waals surface area contributed by atoms with E-state index in [2.05, 4.69) is 5.10 Å². The summed E-state index contributed by atoms with van der Waals surface area (Å²) >= 11 is 0. The summed E-state index contributed by atoms with van der Waals surface area (Å²) in [6.07, 6.45) is -3.78. The van der Waals surface area contributed by atoms with E-state index < -0.39 is 28.9 Å².